The van der Waals surface area contributed by atoms with Gasteiger partial charge in [-0.05, 0) is 29.8 Å². The molecule has 0 aliphatic carbocycles. The highest BCUT2D eigenvalue weighted by Crippen LogP contribution is 2.31. The minimum atomic E-state index is -0.486. The van der Waals surface area contributed by atoms with Gasteiger partial charge in [0.05, 0.1) is 24.5 Å². The number of hydrogen-bond acceptors (Lipinski definition) is 7. The van der Waals surface area contributed by atoms with Crippen LogP contribution in [-0.4, -0.2) is 30.1 Å². The molecule has 1 N–H and O–H groups in total. The smallest absolute Gasteiger partial charge is 0.341 e. The number of nitrogens with one attached hydrogen (secondary N) is 1. The number of nitrogens with zero attached hydrogens (tertiary/aromatic N) is 2. The van der Waals surface area contributed by atoms with E-state index in [2.05, 4.69) is 10.3 Å². The van der Waals surface area contributed by atoms with Crippen LogP contribution >= 0.6 is 0 Å². The summed E-state index contributed by atoms with van der Waals surface area (Å²) in [5.74, 6) is -0.0574. The van der Waals surface area contributed by atoms with Crippen molar-refractivity contribution in [3.05, 3.63) is 70.0 Å². The quantitative estimate of drug-likeness (QED) is 0.404. The highest BCUT2D eigenvalue weighted by atomic mass is 16.6. The van der Waals surface area contributed by atoms with E-state index in [1.54, 1.807) is 30.5 Å². The van der Waals surface area contributed by atoms with Crippen molar-refractivity contribution in [2.24, 2.45) is 0 Å². The fraction of sp³-hybridized carbons (Fsp3) is 0.158. The molecule has 0 aliphatic heterocycles. The molecule has 8 nitrogen and oxygen atoms in total. The highest BCUT2D eigenvalue weighted by Gasteiger charge is 2.16. The number of fused-ring (bicyclic) bond motifs is 1. The fourth-order valence-corrected chi connectivity index (χ4v) is 2.82. The third kappa shape index (κ3) is 3.64. The normalized spacial score (nSPS) is 10.4. The van der Waals surface area contributed by atoms with E-state index in [-0.39, 0.29) is 5.69 Å². The van der Waals surface area contributed by atoms with Crippen LogP contribution in [0, 0.1) is 10.1 Å². The summed E-state index contributed by atoms with van der Waals surface area (Å²) < 4.78 is 9.97. The first-order chi connectivity index (χ1) is 13.0. The fourth-order valence-electron chi connectivity index (χ4n) is 2.82. The molecule has 0 fully saturated rings. The van der Waals surface area contributed by atoms with Gasteiger partial charge in [0.2, 0.25) is 0 Å². The van der Waals surface area contributed by atoms with E-state index in [9.17, 15) is 14.9 Å². The molecular formula is C19H17N3O5. The Balaban J connectivity index is 1.91. The summed E-state index contributed by atoms with van der Waals surface area (Å²) in [5.41, 5.74) is 1.89. The predicted molar refractivity (Wildman–Crippen MR) is 100 cm³/mol. The third-order valence-electron chi connectivity index (χ3n) is 4.14. The van der Waals surface area contributed by atoms with Crippen molar-refractivity contribution in [2.45, 2.75) is 6.54 Å². The number of hydrogen-bond donors (Lipinski definition) is 1. The molecule has 0 amide bonds. The number of carbonyl (C=O) groups is 1. The van der Waals surface area contributed by atoms with Crippen LogP contribution in [0.25, 0.3) is 10.8 Å². The van der Waals surface area contributed by atoms with Crippen molar-refractivity contribution in [3.63, 3.8) is 0 Å². The molecule has 0 bridgehead atoms. The molecule has 2 aromatic carbocycles. The van der Waals surface area contributed by atoms with E-state index >= 15 is 0 Å². The van der Waals surface area contributed by atoms with E-state index in [4.69, 9.17) is 9.47 Å². The van der Waals surface area contributed by atoms with Crippen molar-refractivity contribution in [1.82, 2.24) is 4.98 Å². The minimum absolute atomic E-state index is 0.000995. The van der Waals surface area contributed by atoms with Crippen LogP contribution in [0.3, 0.4) is 0 Å². The largest absolute Gasteiger partial charge is 0.496 e. The average molecular weight is 367 g/mol. The van der Waals surface area contributed by atoms with Crippen molar-refractivity contribution in [3.8, 4) is 5.75 Å². The van der Waals surface area contributed by atoms with Gasteiger partial charge in [-0.15, -0.1) is 0 Å². The SMILES string of the molecule is COC(=O)c1cc(CNc2ccc([N+](=O)[O-])c3cnccc23)ccc1OC. The molecule has 0 saturated heterocycles. The van der Waals surface area contributed by atoms with Crippen LogP contribution in [0.2, 0.25) is 0 Å². The number of pyridine rings is 1. The van der Waals surface area contributed by atoms with Gasteiger partial charge in [0.15, 0.2) is 0 Å². The summed E-state index contributed by atoms with van der Waals surface area (Å²) in [4.78, 5) is 26.6. The van der Waals surface area contributed by atoms with E-state index in [0.717, 1.165) is 11.3 Å². The van der Waals surface area contributed by atoms with Crippen LogP contribution in [0.4, 0.5) is 11.4 Å². The Labute approximate surface area is 154 Å². The van der Waals surface area contributed by atoms with Crippen LogP contribution in [0.15, 0.2) is 48.8 Å². The Morgan fingerprint density at radius 1 is 1.19 bits per heavy atom. The number of anilines is 1. The number of aromatic nitrogens is 1. The molecule has 3 rings (SSSR count). The zero-order valence-corrected chi connectivity index (χ0v) is 14.8. The molecule has 0 saturated carbocycles. The zero-order chi connectivity index (χ0) is 19.4. The summed E-state index contributed by atoms with van der Waals surface area (Å²) in [5, 5.41) is 15.6. The van der Waals surface area contributed by atoms with Crippen LogP contribution in [-0.2, 0) is 11.3 Å². The maximum Gasteiger partial charge on any atom is 0.341 e. The lowest BCUT2D eigenvalue weighted by Gasteiger charge is -2.12. The lowest BCUT2D eigenvalue weighted by molar-refractivity contribution is -0.383. The maximum absolute atomic E-state index is 11.9. The number of esters is 1. The van der Waals surface area contributed by atoms with Gasteiger partial charge in [-0.2, -0.15) is 0 Å². The second-order valence-corrected chi connectivity index (χ2v) is 5.69. The Hall–Kier alpha value is -3.68. The van der Waals surface area contributed by atoms with Crippen LogP contribution in [0.5, 0.6) is 5.75 Å². The lowest BCUT2D eigenvalue weighted by Crippen LogP contribution is -2.07. The predicted octanol–water partition coefficient (Wildman–Crippen LogP) is 3.55. The van der Waals surface area contributed by atoms with Crippen LogP contribution in [0.1, 0.15) is 15.9 Å². The molecule has 138 valence electrons. The molecule has 1 heterocycles. The first-order valence-electron chi connectivity index (χ1n) is 8.05. The Morgan fingerprint density at radius 3 is 2.70 bits per heavy atom. The van der Waals surface area contributed by atoms with E-state index in [1.165, 1.54) is 26.5 Å². The number of methoxy groups -OCH3 is 2. The van der Waals surface area contributed by atoms with Crippen molar-refractivity contribution < 1.29 is 19.2 Å². The lowest BCUT2D eigenvalue weighted by atomic mass is 10.1. The summed E-state index contributed by atoms with van der Waals surface area (Å²) in [6.45, 7) is 0.406. The Morgan fingerprint density at radius 2 is 2.00 bits per heavy atom. The molecule has 1 aromatic heterocycles. The average Bonchev–Trinajstić information content (AvgIpc) is 2.70. The van der Waals surface area contributed by atoms with Gasteiger partial charge in [0.1, 0.15) is 11.3 Å². The molecule has 0 aliphatic rings. The first-order valence-corrected chi connectivity index (χ1v) is 8.05. The summed E-state index contributed by atoms with van der Waals surface area (Å²) >= 11 is 0. The second-order valence-electron chi connectivity index (χ2n) is 5.69. The second kappa shape index (κ2) is 7.69. The monoisotopic (exact) mass is 367 g/mol. The number of nitro benzene ring substituents is 1. The van der Waals surface area contributed by atoms with Gasteiger partial charge in [0, 0.05) is 36.1 Å². The molecule has 3 aromatic rings. The van der Waals surface area contributed by atoms with Gasteiger partial charge >= 0.3 is 5.97 Å². The van der Waals surface area contributed by atoms with Crippen molar-refractivity contribution in [1.29, 1.82) is 0 Å². The Bertz CT molecular complexity index is 1020. The third-order valence-corrected chi connectivity index (χ3v) is 4.14. The Kier molecular flexibility index (Phi) is 5.16. The number of carbonyl (C=O) groups excluding carboxylic acids is 1. The van der Waals surface area contributed by atoms with Crippen molar-refractivity contribution in [2.75, 3.05) is 19.5 Å². The summed E-state index contributed by atoms with van der Waals surface area (Å²) in [6, 6.07) is 10.0. The minimum Gasteiger partial charge on any atom is -0.496 e. The van der Waals surface area contributed by atoms with Crippen molar-refractivity contribution >= 4 is 28.1 Å². The number of ether oxygens (including phenoxy) is 2. The molecule has 8 heteroatoms. The molecule has 27 heavy (non-hydrogen) atoms. The van der Waals surface area contributed by atoms with Gasteiger partial charge < -0.3 is 14.8 Å². The molecule has 0 atom stereocenters. The van der Waals surface area contributed by atoms with E-state index < -0.39 is 10.9 Å². The summed E-state index contributed by atoms with van der Waals surface area (Å²) in [7, 11) is 2.79. The van der Waals surface area contributed by atoms with Gasteiger partial charge in [-0.25, -0.2) is 4.79 Å². The molecule has 0 radical (unpaired) electrons. The zero-order valence-electron chi connectivity index (χ0n) is 14.8. The van der Waals surface area contributed by atoms with Gasteiger partial charge in [-0.1, -0.05) is 6.07 Å². The number of rotatable bonds is 6. The highest BCUT2D eigenvalue weighted by molar-refractivity contribution is 5.99. The number of benzene rings is 2. The number of nitro groups is 1. The standard InChI is InChI=1S/C19H17N3O5/c1-26-18-6-3-12(9-14(18)19(23)27-2)10-21-16-4-5-17(22(24)25)15-11-20-8-7-13(15)16/h3-9,11,21H,10H2,1-2H3. The maximum atomic E-state index is 11.9. The van der Waals surface area contributed by atoms with Gasteiger partial charge in [-0.3, -0.25) is 15.1 Å². The number of non-ortho nitro benzene ring substituents is 1. The van der Waals surface area contributed by atoms with E-state index in [0.29, 0.717) is 28.6 Å². The molecule has 0 unspecified atom stereocenters. The summed E-state index contributed by atoms with van der Waals surface area (Å²) in [6.07, 6.45) is 3.06. The van der Waals surface area contributed by atoms with E-state index in [1.807, 2.05) is 6.07 Å². The molecule has 0 spiro atoms. The topological polar surface area (TPSA) is 104 Å². The van der Waals surface area contributed by atoms with Crippen LogP contribution < -0.4 is 10.1 Å². The molecular weight excluding hydrogens is 350 g/mol. The van der Waals surface area contributed by atoms with Gasteiger partial charge in [0.25, 0.3) is 5.69 Å². The first kappa shape index (κ1) is 18.1.